The fraction of sp³-hybridized carbons (Fsp3) is 0.222. The van der Waals surface area contributed by atoms with Crippen LogP contribution in [0.1, 0.15) is 10.6 Å². The Hall–Kier alpha value is -1.05. The normalized spacial score (nSPS) is 9.54. The van der Waals surface area contributed by atoms with Crippen molar-refractivity contribution in [1.29, 1.82) is 0 Å². The van der Waals surface area contributed by atoms with Gasteiger partial charge >= 0.3 is 0 Å². The molecule has 0 aliphatic carbocycles. The van der Waals surface area contributed by atoms with Gasteiger partial charge in [0.05, 0.1) is 23.8 Å². The fourth-order valence-corrected chi connectivity index (χ4v) is 1.24. The summed E-state index contributed by atoms with van der Waals surface area (Å²) < 4.78 is 5.64. The van der Waals surface area contributed by atoms with E-state index in [0.29, 0.717) is 16.8 Å². The average Bonchev–Trinajstić information content (AvgIpc) is 2.52. The first-order valence-corrected chi connectivity index (χ1v) is 4.45. The van der Waals surface area contributed by atoms with Crippen molar-refractivity contribution in [3.8, 4) is 12.3 Å². The zero-order chi connectivity index (χ0) is 9.68. The molecular weight excluding hydrogens is 234 g/mol. The molecule has 68 valence electrons. The number of carbonyl (C=O) groups is 1. The third-order valence-electron chi connectivity index (χ3n) is 1.38. The van der Waals surface area contributed by atoms with Crippen molar-refractivity contribution in [2.45, 2.75) is 0 Å². The molecule has 0 unspecified atom stereocenters. The summed E-state index contributed by atoms with van der Waals surface area (Å²) in [5.41, 5.74) is 0. The van der Waals surface area contributed by atoms with Crippen molar-refractivity contribution in [2.24, 2.45) is 0 Å². The molecule has 0 amide bonds. The van der Waals surface area contributed by atoms with E-state index in [1.165, 1.54) is 6.26 Å². The molecule has 4 heteroatoms. The first-order valence-electron chi connectivity index (χ1n) is 3.66. The van der Waals surface area contributed by atoms with E-state index in [9.17, 15) is 4.79 Å². The minimum Gasteiger partial charge on any atom is -0.460 e. The molecule has 0 spiro atoms. The van der Waals surface area contributed by atoms with Gasteiger partial charge in [-0.25, -0.2) is 0 Å². The lowest BCUT2D eigenvalue weighted by Gasteiger charge is -1.97. The number of furan rings is 1. The molecule has 1 heterocycles. The van der Waals surface area contributed by atoms with Crippen molar-refractivity contribution in [2.75, 3.05) is 13.1 Å². The molecule has 0 atom stereocenters. The van der Waals surface area contributed by atoms with E-state index in [1.807, 2.05) is 0 Å². The van der Waals surface area contributed by atoms with Gasteiger partial charge in [-0.2, -0.15) is 0 Å². The Balaban J connectivity index is 2.50. The summed E-state index contributed by atoms with van der Waals surface area (Å²) >= 11 is 3.19. The van der Waals surface area contributed by atoms with E-state index < -0.39 is 0 Å². The van der Waals surface area contributed by atoms with Crippen LogP contribution in [-0.4, -0.2) is 18.9 Å². The quantitative estimate of drug-likeness (QED) is 0.493. The molecule has 0 aliphatic heterocycles. The molecule has 0 aromatic carbocycles. The molecule has 0 radical (unpaired) electrons. The molecule has 3 nitrogen and oxygen atoms in total. The van der Waals surface area contributed by atoms with Gasteiger partial charge in [-0.1, -0.05) is 5.92 Å². The van der Waals surface area contributed by atoms with Crippen molar-refractivity contribution in [3.63, 3.8) is 0 Å². The van der Waals surface area contributed by atoms with E-state index in [1.54, 1.807) is 6.07 Å². The van der Waals surface area contributed by atoms with Crippen LogP contribution in [0.4, 0.5) is 0 Å². The second-order valence-corrected chi connectivity index (χ2v) is 3.18. The maximum Gasteiger partial charge on any atom is 0.212 e. The van der Waals surface area contributed by atoms with Crippen LogP contribution in [-0.2, 0) is 0 Å². The molecule has 0 aliphatic rings. The van der Waals surface area contributed by atoms with Gasteiger partial charge in [0.15, 0.2) is 5.76 Å². The Kier molecular flexibility index (Phi) is 3.74. The number of terminal acetylenes is 1. The van der Waals surface area contributed by atoms with Gasteiger partial charge in [0.2, 0.25) is 5.78 Å². The molecule has 1 aromatic heterocycles. The van der Waals surface area contributed by atoms with Crippen molar-refractivity contribution in [3.05, 3.63) is 22.6 Å². The summed E-state index contributed by atoms with van der Waals surface area (Å²) in [6.07, 6.45) is 6.46. The molecule has 0 fully saturated rings. The third kappa shape index (κ3) is 2.72. The van der Waals surface area contributed by atoms with E-state index in [-0.39, 0.29) is 12.3 Å². The maximum atomic E-state index is 11.3. The summed E-state index contributed by atoms with van der Waals surface area (Å²) in [6, 6.07) is 1.68. The van der Waals surface area contributed by atoms with E-state index in [0.717, 1.165) is 0 Å². The van der Waals surface area contributed by atoms with Crippen LogP contribution >= 0.6 is 15.9 Å². The fourth-order valence-electron chi connectivity index (χ4n) is 0.821. The highest BCUT2D eigenvalue weighted by molar-refractivity contribution is 9.10. The van der Waals surface area contributed by atoms with Gasteiger partial charge < -0.3 is 4.42 Å². The SMILES string of the molecule is C#CCNCC(=O)c1occc1Br. The molecule has 1 N–H and O–H groups in total. The van der Waals surface area contributed by atoms with E-state index >= 15 is 0 Å². The van der Waals surface area contributed by atoms with Gasteiger partial charge in [-0.3, -0.25) is 10.1 Å². The second kappa shape index (κ2) is 4.85. The van der Waals surface area contributed by atoms with E-state index in [2.05, 4.69) is 27.2 Å². The predicted molar refractivity (Wildman–Crippen MR) is 52.4 cm³/mol. The summed E-state index contributed by atoms with van der Waals surface area (Å²) in [5.74, 6) is 2.58. The first kappa shape index (κ1) is 10.0. The number of halogens is 1. The largest absolute Gasteiger partial charge is 0.460 e. The first-order chi connectivity index (χ1) is 6.25. The van der Waals surface area contributed by atoms with Gasteiger partial charge in [-0.15, -0.1) is 6.42 Å². The van der Waals surface area contributed by atoms with Crippen molar-refractivity contribution < 1.29 is 9.21 Å². The van der Waals surface area contributed by atoms with Crippen molar-refractivity contribution in [1.82, 2.24) is 5.32 Å². The Morgan fingerprint density at radius 3 is 3.08 bits per heavy atom. The van der Waals surface area contributed by atoms with Gasteiger partial charge in [0.1, 0.15) is 0 Å². The third-order valence-corrected chi connectivity index (χ3v) is 2.01. The van der Waals surface area contributed by atoms with Crippen LogP contribution in [0.5, 0.6) is 0 Å². The number of nitrogens with one attached hydrogen (secondary N) is 1. The molecular formula is C9H8BrNO2. The zero-order valence-electron chi connectivity index (χ0n) is 6.84. The highest BCUT2D eigenvalue weighted by Crippen LogP contribution is 2.17. The summed E-state index contributed by atoms with van der Waals surface area (Å²) in [4.78, 5) is 11.3. The monoisotopic (exact) mass is 241 g/mol. The summed E-state index contributed by atoms with van der Waals surface area (Å²) in [6.45, 7) is 0.570. The Morgan fingerprint density at radius 1 is 1.77 bits per heavy atom. The van der Waals surface area contributed by atoms with Crippen LogP contribution in [0.15, 0.2) is 21.2 Å². The smallest absolute Gasteiger partial charge is 0.212 e. The number of rotatable bonds is 4. The van der Waals surface area contributed by atoms with E-state index in [4.69, 9.17) is 10.8 Å². The Morgan fingerprint density at radius 2 is 2.54 bits per heavy atom. The molecule has 13 heavy (non-hydrogen) atoms. The zero-order valence-corrected chi connectivity index (χ0v) is 8.43. The van der Waals surface area contributed by atoms with Gasteiger partial charge in [0.25, 0.3) is 0 Å². The Labute approximate surface area is 84.6 Å². The number of hydrogen-bond donors (Lipinski definition) is 1. The highest BCUT2D eigenvalue weighted by atomic mass is 79.9. The maximum absolute atomic E-state index is 11.3. The van der Waals surface area contributed by atoms with Crippen LogP contribution in [0.3, 0.4) is 0 Å². The van der Waals surface area contributed by atoms with Gasteiger partial charge in [0, 0.05) is 0 Å². The number of hydrogen-bond acceptors (Lipinski definition) is 3. The lowest BCUT2D eigenvalue weighted by Crippen LogP contribution is -2.23. The number of ketones is 1. The molecule has 1 aromatic rings. The Bertz CT molecular complexity index is 338. The van der Waals surface area contributed by atoms with Crippen LogP contribution in [0.2, 0.25) is 0 Å². The summed E-state index contributed by atoms with van der Waals surface area (Å²) in [5, 5.41) is 2.78. The molecule has 1 rings (SSSR count). The highest BCUT2D eigenvalue weighted by Gasteiger charge is 2.12. The minimum atomic E-state index is -0.118. The number of carbonyl (C=O) groups excluding carboxylic acids is 1. The van der Waals surface area contributed by atoms with Crippen LogP contribution in [0, 0.1) is 12.3 Å². The topological polar surface area (TPSA) is 42.2 Å². The predicted octanol–water partition coefficient (Wildman–Crippen LogP) is 1.45. The molecule has 0 saturated carbocycles. The second-order valence-electron chi connectivity index (χ2n) is 2.33. The molecule has 0 bridgehead atoms. The summed E-state index contributed by atoms with van der Waals surface area (Å²) in [7, 11) is 0. The molecule has 0 saturated heterocycles. The number of Topliss-reactive ketones (excluding diaryl/α,β-unsaturated/α-hetero) is 1. The van der Waals surface area contributed by atoms with Crippen LogP contribution in [0.25, 0.3) is 0 Å². The van der Waals surface area contributed by atoms with Gasteiger partial charge in [-0.05, 0) is 22.0 Å². The standard InChI is InChI=1S/C9H8BrNO2/c1-2-4-11-6-8(12)9-7(10)3-5-13-9/h1,3,5,11H,4,6H2. The van der Waals surface area contributed by atoms with Crippen molar-refractivity contribution >= 4 is 21.7 Å². The lowest BCUT2D eigenvalue weighted by molar-refractivity contribution is 0.0965. The van der Waals surface area contributed by atoms with Crippen LogP contribution < -0.4 is 5.32 Å². The average molecular weight is 242 g/mol. The lowest BCUT2D eigenvalue weighted by atomic mass is 10.3. The minimum absolute atomic E-state index is 0.118.